The average Bonchev–Trinajstić information content (AvgIpc) is 2.30. The fraction of sp³-hybridized carbons (Fsp3) is 0.500. The van der Waals surface area contributed by atoms with Gasteiger partial charge in [0.2, 0.25) is 0 Å². The van der Waals surface area contributed by atoms with Gasteiger partial charge in [0.05, 0.1) is 0 Å². The monoisotopic (exact) mass is 219 g/mol. The maximum atomic E-state index is 11.9. The van der Waals surface area contributed by atoms with Crippen LogP contribution in [0.5, 0.6) is 0 Å². The van der Waals surface area contributed by atoms with E-state index in [1.807, 2.05) is 31.2 Å². The van der Waals surface area contributed by atoms with Crippen molar-refractivity contribution in [3.05, 3.63) is 35.4 Å². The zero-order valence-electron chi connectivity index (χ0n) is 10.2. The van der Waals surface area contributed by atoms with Gasteiger partial charge in [0.15, 0.2) is 0 Å². The van der Waals surface area contributed by atoms with Crippen LogP contribution in [0.25, 0.3) is 0 Å². The molecule has 0 fully saturated rings. The third-order valence-corrected chi connectivity index (χ3v) is 2.97. The Morgan fingerprint density at radius 1 is 1.31 bits per heavy atom. The summed E-state index contributed by atoms with van der Waals surface area (Å²) in [5.41, 5.74) is 7.81. The highest BCUT2D eigenvalue weighted by atomic mass is 16.1. The predicted molar refractivity (Wildman–Crippen MR) is 67.1 cm³/mol. The molecular weight excluding hydrogens is 198 g/mol. The van der Waals surface area contributed by atoms with E-state index in [0.29, 0.717) is 18.7 Å². The number of Topliss-reactive ketones (excluding diaryl/α,β-unsaturated/α-hetero) is 1. The van der Waals surface area contributed by atoms with Gasteiger partial charge in [-0.2, -0.15) is 0 Å². The molecule has 0 heterocycles. The van der Waals surface area contributed by atoms with E-state index in [1.54, 1.807) is 0 Å². The Labute approximate surface area is 97.9 Å². The average molecular weight is 219 g/mol. The Morgan fingerprint density at radius 3 is 2.50 bits per heavy atom. The fourth-order valence-electron chi connectivity index (χ4n) is 1.89. The molecular formula is C14H21NO. The van der Waals surface area contributed by atoms with E-state index in [2.05, 4.69) is 6.92 Å². The number of ketones is 1. The topological polar surface area (TPSA) is 43.1 Å². The van der Waals surface area contributed by atoms with E-state index in [9.17, 15) is 4.79 Å². The van der Waals surface area contributed by atoms with Crippen LogP contribution >= 0.6 is 0 Å². The summed E-state index contributed by atoms with van der Waals surface area (Å²) in [4.78, 5) is 11.9. The molecule has 0 aliphatic rings. The van der Waals surface area contributed by atoms with E-state index in [0.717, 1.165) is 24.0 Å². The van der Waals surface area contributed by atoms with Gasteiger partial charge < -0.3 is 5.73 Å². The van der Waals surface area contributed by atoms with Crippen molar-refractivity contribution >= 4 is 5.78 Å². The number of carbonyl (C=O) groups is 1. The fourth-order valence-corrected chi connectivity index (χ4v) is 1.89. The van der Waals surface area contributed by atoms with Gasteiger partial charge in [0, 0.05) is 18.9 Å². The Morgan fingerprint density at radius 2 is 1.94 bits per heavy atom. The number of hydrogen-bond acceptors (Lipinski definition) is 2. The molecule has 0 aromatic heterocycles. The Bertz CT molecular complexity index is 346. The molecule has 1 rings (SSSR count). The van der Waals surface area contributed by atoms with Gasteiger partial charge in [-0.3, -0.25) is 4.79 Å². The Kier molecular flexibility index (Phi) is 5.20. The number of hydrogen-bond donors (Lipinski definition) is 1. The van der Waals surface area contributed by atoms with Gasteiger partial charge >= 0.3 is 0 Å². The van der Waals surface area contributed by atoms with Crippen LogP contribution in [0.3, 0.4) is 0 Å². The maximum Gasteiger partial charge on any atom is 0.140 e. The van der Waals surface area contributed by atoms with Crippen LogP contribution in [0.15, 0.2) is 24.3 Å². The first-order valence-corrected chi connectivity index (χ1v) is 5.98. The molecule has 2 N–H and O–H groups in total. The van der Waals surface area contributed by atoms with Gasteiger partial charge in [0.1, 0.15) is 5.78 Å². The first kappa shape index (κ1) is 12.9. The predicted octanol–water partition coefficient (Wildman–Crippen LogP) is 2.69. The van der Waals surface area contributed by atoms with Crippen molar-refractivity contribution in [3.8, 4) is 0 Å². The third-order valence-electron chi connectivity index (χ3n) is 2.97. The molecule has 0 radical (unpaired) electrons. The molecule has 16 heavy (non-hydrogen) atoms. The lowest BCUT2D eigenvalue weighted by Gasteiger charge is -2.11. The summed E-state index contributed by atoms with van der Waals surface area (Å²) in [5, 5.41) is 0. The number of carbonyl (C=O) groups excluding carboxylic acids is 1. The highest BCUT2D eigenvalue weighted by Gasteiger charge is 2.13. The standard InChI is InChI=1S/C14H21NO/c1-3-6-11(2)14(16)9-12-7-4-5-8-13(12)10-15/h4-5,7-8,11H,3,6,9-10,15H2,1-2H3. The number of rotatable bonds is 6. The summed E-state index contributed by atoms with van der Waals surface area (Å²) < 4.78 is 0. The molecule has 0 saturated carbocycles. The second-order valence-corrected chi connectivity index (χ2v) is 4.31. The number of nitrogens with two attached hydrogens (primary N) is 1. The van der Waals surface area contributed by atoms with Crippen LogP contribution in [0.4, 0.5) is 0 Å². The summed E-state index contributed by atoms with van der Waals surface area (Å²) in [6.07, 6.45) is 2.56. The van der Waals surface area contributed by atoms with Crippen molar-refractivity contribution in [1.82, 2.24) is 0 Å². The first-order chi connectivity index (χ1) is 7.69. The molecule has 88 valence electrons. The minimum atomic E-state index is 0.163. The first-order valence-electron chi connectivity index (χ1n) is 5.98. The minimum Gasteiger partial charge on any atom is -0.326 e. The summed E-state index contributed by atoms with van der Waals surface area (Å²) in [6, 6.07) is 7.92. The largest absolute Gasteiger partial charge is 0.326 e. The molecule has 1 aromatic carbocycles. The van der Waals surface area contributed by atoms with Gasteiger partial charge in [-0.25, -0.2) is 0 Å². The lowest BCUT2D eigenvalue weighted by molar-refractivity contribution is -0.121. The quantitative estimate of drug-likeness (QED) is 0.799. The summed E-state index contributed by atoms with van der Waals surface area (Å²) in [7, 11) is 0. The SMILES string of the molecule is CCCC(C)C(=O)Cc1ccccc1CN. The van der Waals surface area contributed by atoms with Gasteiger partial charge in [-0.15, -0.1) is 0 Å². The molecule has 0 spiro atoms. The molecule has 0 amide bonds. The molecule has 0 saturated heterocycles. The highest BCUT2D eigenvalue weighted by molar-refractivity contribution is 5.83. The zero-order valence-corrected chi connectivity index (χ0v) is 10.2. The molecule has 1 atom stereocenters. The second-order valence-electron chi connectivity index (χ2n) is 4.31. The van der Waals surface area contributed by atoms with Crippen molar-refractivity contribution in [2.75, 3.05) is 0 Å². The van der Waals surface area contributed by atoms with Crippen LogP contribution in [-0.2, 0) is 17.8 Å². The summed E-state index contributed by atoms with van der Waals surface area (Å²) in [5.74, 6) is 0.485. The molecule has 2 nitrogen and oxygen atoms in total. The van der Waals surface area contributed by atoms with Gasteiger partial charge in [-0.05, 0) is 17.5 Å². The van der Waals surface area contributed by atoms with Crippen molar-refractivity contribution in [3.63, 3.8) is 0 Å². The molecule has 0 bridgehead atoms. The van der Waals surface area contributed by atoms with Crippen LogP contribution in [-0.4, -0.2) is 5.78 Å². The van der Waals surface area contributed by atoms with E-state index in [4.69, 9.17) is 5.73 Å². The van der Waals surface area contributed by atoms with Crippen LogP contribution in [0.2, 0.25) is 0 Å². The Balaban J connectivity index is 2.69. The maximum absolute atomic E-state index is 11.9. The van der Waals surface area contributed by atoms with E-state index < -0.39 is 0 Å². The molecule has 1 aromatic rings. The third kappa shape index (κ3) is 3.46. The van der Waals surface area contributed by atoms with Crippen LogP contribution < -0.4 is 5.73 Å². The van der Waals surface area contributed by atoms with Crippen molar-refractivity contribution in [1.29, 1.82) is 0 Å². The van der Waals surface area contributed by atoms with Crippen LogP contribution in [0.1, 0.15) is 37.8 Å². The van der Waals surface area contributed by atoms with Crippen molar-refractivity contribution < 1.29 is 4.79 Å². The molecule has 0 aliphatic heterocycles. The van der Waals surface area contributed by atoms with Crippen molar-refractivity contribution in [2.24, 2.45) is 11.7 Å². The van der Waals surface area contributed by atoms with E-state index in [-0.39, 0.29) is 5.92 Å². The lowest BCUT2D eigenvalue weighted by Crippen LogP contribution is -2.15. The zero-order chi connectivity index (χ0) is 12.0. The van der Waals surface area contributed by atoms with E-state index >= 15 is 0 Å². The Hall–Kier alpha value is -1.15. The molecule has 0 aliphatic carbocycles. The van der Waals surface area contributed by atoms with Gasteiger partial charge in [-0.1, -0.05) is 44.5 Å². The van der Waals surface area contributed by atoms with Crippen molar-refractivity contribution in [2.45, 2.75) is 39.7 Å². The molecule has 1 unspecified atom stereocenters. The number of benzene rings is 1. The normalized spacial score (nSPS) is 12.4. The minimum absolute atomic E-state index is 0.163. The molecule has 2 heteroatoms. The summed E-state index contributed by atoms with van der Waals surface area (Å²) >= 11 is 0. The smallest absolute Gasteiger partial charge is 0.140 e. The highest BCUT2D eigenvalue weighted by Crippen LogP contribution is 2.14. The second kappa shape index (κ2) is 6.44. The van der Waals surface area contributed by atoms with Crippen LogP contribution in [0, 0.1) is 5.92 Å². The van der Waals surface area contributed by atoms with Gasteiger partial charge in [0.25, 0.3) is 0 Å². The van der Waals surface area contributed by atoms with E-state index in [1.165, 1.54) is 0 Å². The lowest BCUT2D eigenvalue weighted by atomic mass is 9.93. The summed E-state index contributed by atoms with van der Waals surface area (Å²) in [6.45, 7) is 4.63.